The van der Waals surface area contributed by atoms with Gasteiger partial charge in [0.2, 0.25) is 5.91 Å². The lowest BCUT2D eigenvalue weighted by molar-refractivity contribution is -0.125. The molecule has 1 amide bonds. The van der Waals surface area contributed by atoms with Crippen LogP contribution in [0, 0.1) is 11.7 Å². The minimum absolute atomic E-state index is 0.0242. The molecule has 1 aliphatic rings. The van der Waals surface area contributed by atoms with Gasteiger partial charge in [-0.05, 0) is 55.3 Å². The summed E-state index contributed by atoms with van der Waals surface area (Å²) < 4.78 is 18.9. The predicted octanol–water partition coefficient (Wildman–Crippen LogP) is 3.82. The Hall–Kier alpha value is -3.48. The fraction of sp³-hybridized carbons (Fsp3) is 0.292. The van der Waals surface area contributed by atoms with Crippen molar-refractivity contribution >= 4 is 11.7 Å². The maximum Gasteiger partial charge on any atom is 0.223 e. The van der Waals surface area contributed by atoms with E-state index in [1.54, 1.807) is 25.3 Å². The van der Waals surface area contributed by atoms with Gasteiger partial charge in [-0.3, -0.25) is 4.79 Å². The van der Waals surface area contributed by atoms with Crippen LogP contribution < -0.4 is 15.0 Å². The van der Waals surface area contributed by atoms with E-state index in [2.05, 4.69) is 20.4 Å². The van der Waals surface area contributed by atoms with Crippen molar-refractivity contribution in [2.45, 2.75) is 19.4 Å². The Labute approximate surface area is 181 Å². The van der Waals surface area contributed by atoms with Gasteiger partial charge in [-0.15, -0.1) is 10.2 Å². The van der Waals surface area contributed by atoms with Crippen LogP contribution in [0.1, 0.15) is 18.4 Å². The maximum absolute atomic E-state index is 13.7. The monoisotopic (exact) mass is 420 g/mol. The number of carbonyl (C=O) groups excluding carboxylic acids is 1. The molecule has 160 valence electrons. The van der Waals surface area contributed by atoms with Gasteiger partial charge in [-0.2, -0.15) is 0 Å². The number of aromatic nitrogens is 2. The van der Waals surface area contributed by atoms with Crippen molar-refractivity contribution in [3.05, 3.63) is 72.0 Å². The maximum atomic E-state index is 13.7. The predicted molar refractivity (Wildman–Crippen MR) is 117 cm³/mol. The minimum Gasteiger partial charge on any atom is -0.497 e. The van der Waals surface area contributed by atoms with Gasteiger partial charge in [-0.25, -0.2) is 4.39 Å². The van der Waals surface area contributed by atoms with Crippen LogP contribution in [0.15, 0.2) is 60.7 Å². The molecule has 31 heavy (non-hydrogen) atoms. The topological polar surface area (TPSA) is 67.3 Å². The molecule has 0 bridgehead atoms. The Morgan fingerprint density at radius 1 is 1.06 bits per heavy atom. The van der Waals surface area contributed by atoms with Gasteiger partial charge in [0.25, 0.3) is 0 Å². The highest BCUT2D eigenvalue weighted by molar-refractivity contribution is 5.79. The molecule has 7 heteroatoms. The van der Waals surface area contributed by atoms with Crippen molar-refractivity contribution < 1.29 is 13.9 Å². The first-order chi connectivity index (χ1) is 15.1. The van der Waals surface area contributed by atoms with Crippen molar-refractivity contribution in [1.29, 1.82) is 0 Å². The second-order valence-electron chi connectivity index (χ2n) is 7.58. The van der Waals surface area contributed by atoms with E-state index in [9.17, 15) is 9.18 Å². The van der Waals surface area contributed by atoms with Crippen LogP contribution in [0.2, 0.25) is 0 Å². The largest absolute Gasteiger partial charge is 0.497 e. The van der Waals surface area contributed by atoms with E-state index in [4.69, 9.17) is 4.74 Å². The molecule has 0 aliphatic carbocycles. The number of methoxy groups -OCH3 is 1. The van der Waals surface area contributed by atoms with Gasteiger partial charge < -0.3 is 15.0 Å². The van der Waals surface area contributed by atoms with Crippen molar-refractivity contribution in [3.8, 4) is 17.0 Å². The second-order valence-corrected chi connectivity index (χ2v) is 7.58. The van der Waals surface area contributed by atoms with E-state index in [-0.39, 0.29) is 24.2 Å². The summed E-state index contributed by atoms with van der Waals surface area (Å²) in [6.07, 6.45) is 1.45. The van der Waals surface area contributed by atoms with Crippen molar-refractivity contribution in [3.63, 3.8) is 0 Å². The van der Waals surface area contributed by atoms with Crippen LogP contribution in [0.4, 0.5) is 10.2 Å². The molecular formula is C24H25FN4O2. The Morgan fingerprint density at radius 3 is 2.45 bits per heavy atom. The van der Waals surface area contributed by atoms with Gasteiger partial charge in [0.05, 0.1) is 12.8 Å². The third kappa shape index (κ3) is 4.99. The zero-order valence-corrected chi connectivity index (χ0v) is 17.4. The highest BCUT2D eigenvalue weighted by atomic mass is 19.1. The summed E-state index contributed by atoms with van der Waals surface area (Å²) in [5, 5.41) is 11.6. The number of benzene rings is 2. The molecule has 2 heterocycles. The first-order valence-electron chi connectivity index (χ1n) is 10.4. The SMILES string of the molecule is COc1ccc(-c2ccc(N3CCC(C(=O)NCc4ccccc4F)CC3)nn2)cc1. The lowest BCUT2D eigenvalue weighted by Crippen LogP contribution is -2.40. The van der Waals surface area contributed by atoms with Crippen molar-refractivity contribution in [1.82, 2.24) is 15.5 Å². The summed E-state index contributed by atoms with van der Waals surface area (Å²) in [4.78, 5) is 14.6. The molecule has 1 aliphatic heterocycles. The van der Waals surface area contributed by atoms with Crippen LogP contribution in [-0.4, -0.2) is 36.3 Å². The second kappa shape index (κ2) is 9.55. The summed E-state index contributed by atoms with van der Waals surface area (Å²) in [5.74, 6) is 1.21. The lowest BCUT2D eigenvalue weighted by Gasteiger charge is -2.31. The van der Waals surface area contributed by atoms with Gasteiger partial charge in [0.15, 0.2) is 5.82 Å². The van der Waals surface area contributed by atoms with Gasteiger partial charge in [-0.1, -0.05) is 18.2 Å². The number of anilines is 1. The summed E-state index contributed by atoms with van der Waals surface area (Å²) in [7, 11) is 1.64. The van der Waals surface area contributed by atoms with Gasteiger partial charge in [0.1, 0.15) is 11.6 Å². The van der Waals surface area contributed by atoms with E-state index < -0.39 is 0 Å². The first kappa shape index (κ1) is 20.8. The van der Waals surface area contributed by atoms with Gasteiger partial charge >= 0.3 is 0 Å². The zero-order valence-electron chi connectivity index (χ0n) is 17.4. The molecular weight excluding hydrogens is 395 g/mol. The van der Waals surface area contributed by atoms with E-state index in [0.29, 0.717) is 5.56 Å². The number of nitrogens with zero attached hydrogens (tertiary/aromatic N) is 3. The first-order valence-corrected chi connectivity index (χ1v) is 10.4. The van der Waals surface area contributed by atoms with Crippen LogP contribution in [0.3, 0.4) is 0 Å². The average Bonchev–Trinajstić information content (AvgIpc) is 2.84. The molecule has 1 N–H and O–H groups in total. The number of nitrogens with one attached hydrogen (secondary N) is 1. The molecule has 1 saturated heterocycles. The Bertz CT molecular complexity index is 1020. The number of piperidine rings is 1. The highest BCUT2D eigenvalue weighted by Crippen LogP contribution is 2.24. The molecule has 0 radical (unpaired) electrons. The molecule has 6 nitrogen and oxygen atoms in total. The Kier molecular flexibility index (Phi) is 6.40. The molecule has 1 fully saturated rings. The average molecular weight is 420 g/mol. The van der Waals surface area contributed by atoms with Crippen LogP contribution in [0.5, 0.6) is 5.75 Å². The number of rotatable bonds is 6. The molecule has 0 unspecified atom stereocenters. The number of hydrogen-bond acceptors (Lipinski definition) is 5. The normalized spacial score (nSPS) is 14.3. The third-order valence-electron chi connectivity index (χ3n) is 5.64. The lowest BCUT2D eigenvalue weighted by atomic mass is 9.96. The summed E-state index contributed by atoms with van der Waals surface area (Å²) >= 11 is 0. The quantitative estimate of drug-likeness (QED) is 0.657. The Morgan fingerprint density at radius 2 is 1.81 bits per heavy atom. The van der Waals surface area contributed by atoms with Crippen LogP contribution in [-0.2, 0) is 11.3 Å². The number of ether oxygens (including phenoxy) is 1. The third-order valence-corrected chi connectivity index (χ3v) is 5.64. The molecule has 2 aromatic carbocycles. The van der Waals surface area contributed by atoms with Crippen LogP contribution in [0.25, 0.3) is 11.3 Å². The molecule has 4 rings (SSSR count). The fourth-order valence-electron chi connectivity index (χ4n) is 3.75. The summed E-state index contributed by atoms with van der Waals surface area (Å²) in [6, 6.07) is 18.1. The fourth-order valence-corrected chi connectivity index (χ4v) is 3.75. The van der Waals surface area contributed by atoms with E-state index in [1.165, 1.54) is 6.07 Å². The zero-order chi connectivity index (χ0) is 21.6. The molecule has 3 aromatic rings. The smallest absolute Gasteiger partial charge is 0.223 e. The molecule has 0 atom stereocenters. The van der Waals surface area contributed by atoms with Crippen LogP contribution >= 0.6 is 0 Å². The van der Waals surface area contributed by atoms with E-state index in [1.807, 2.05) is 36.4 Å². The summed E-state index contributed by atoms with van der Waals surface area (Å²) in [6.45, 7) is 1.67. The molecule has 0 spiro atoms. The number of carbonyl (C=O) groups is 1. The number of halogens is 1. The summed E-state index contributed by atoms with van der Waals surface area (Å²) in [5.41, 5.74) is 2.28. The van der Waals surface area contributed by atoms with Crippen molar-refractivity contribution in [2.75, 3.05) is 25.1 Å². The molecule has 0 saturated carbocycles. The Balaban J connectivity index is 1.30. The molecule has 1 aromatic heterocycles. The standard InChI is InChI=1S/C24H25FN4O2/c1-31-20-8-6-17(7-9-20)22-10-11-23(28-27-22)29-14-12-18(13-15-29)24(30)26-16-19-4-2-3-5-21(19)25/h2-11,18H,12-16H2,1H3,(H,26,30). The van der Waals surface area contributed by atoms with E-state index >= 15 is 0 Å². The van der Waals surface area contributed by atoms with E-state index in [0.717, 1.165) is 48.8 Å². The minimum atomic E-state index is -0.297. The number of hydrogen-bond donors (Lipinski definition) is 1. The number of amides is 1. The van der Waals surface area contributed by atoms with Crippen molar-refractivity contribution in [2.24, 2.45) is 5.92 Å². The van der Waals surface area contributed by atoms with Gasteiger partial charge in [0, 0.05) is 36.7 Å². The highest BCUT2D eigenvalue weighted by Gasteiger charge is 2.25.